The van der Waals surface area contributed by atoms with Crippen molar-refractivity contribution in [3.05, 3.63) is 22.2 Å². The van der Waals surface area contributed by atoms with Crippen molar-refractivity contribution in [2.45, 2.75) is 25.8 Å². The van der Waals surface area contributed by atoms with Crippen LogP contribution in [0.4, 0.5) is 0 Å². The molecule has 0 aliphatic carbocycles. The van der Waals surface area contributed by atoms with E-state index in [1.54, 1.807) is 14.2 Å². The highest BCUT2D eigenvalue weighted by Gasteiger charge is 2.11. The molecule has 0 spiro atoms. The summed E-state index contributed by atoms with van der Waals surface area (Å²) in [6, 6.07) is 4.05. The molecule has 1 rings (SSSR count). The van der Waals surface area contributed by atoms with Gasteiger partial charge in [0.15, 0.2) is 0 Å². The zero-order chi connectivity index (χ0) is 12.1. The molecule has 1 atom stereocenters. The Labute approximate surface area is 117 Å². The normalized spacial score (nSPS) is 11.6. The van der Waals surface area contributed by atoms with Crippen LogP contribution in [0.5, 0.6) is 11.5 Å². The first-order valence-corrected chi connectivity index (χ1v) is 6.07. The van der Waals surface area contributed by atoms with Crippen molar-refractivity contribution in [3.63, 3.8) is 0 Å². The molecule has 0 bridgehead atoms. The number of halogens is 2. The molecule has 98 valence electrons. The van der Waals surface area contributed by atoms with Crippen LogP contribution in [0, 0.1) is 0 Å². The molecular weight excluding hydrogens is 305 g/mol. The molecule has 2 N–H and O–H groups in total. The maximum absolute atomic E-state index is 5.95. The van der Waals surface area contributed by atoms with E-state index in [0.29, 0.717) is 0 Å². The van der Waals surface area contributed by atoms with Gasteiger partial charge < -0.3 is 15.2 Å². The lowest BCUT2D eigenvalue weighted by molar-refractivity contribution is 0.388. The molecule has 0 fully saturated rings. The second-order valence-corrected chi connectivity index (χ2v) is 4.53. The number of ether oxygens (including phenoxy) is 2. The first kappa shape index (κ1) is 16.6. The van der Waals surface area contributed by atoms with E-state index >= 15 is 0 Å². The number of hydrogen-bond acceptors (Lipinski definition) is 3. The van der Waals surface area contributed by atoms with Gasteiger partial charge in [-0.3, -0.25) is 0 Å². The second-order valence-electron chi connectivity index (χ2n) is 3.67. The third kappa shape index (κ3) is 4.37. The van der Waals surface area contributed by atoms with Gasteiger partial charge in [0.1, 0.15) is 11.5 Å². The smallest absolute Gasteiger partial charge is 0.136 e. The molecule has 0 aliphatic heterocycles. The average molecular weight is 325 g/mol. The van der Waals surface area contributed by atoms with Crippen LogP contribution in [-0.4, -0.2) is 20.3 Å². The fourth-order valence-electron chi connectivity index (χ4n) is 1.51. The van der Waals surface area contributed by atoms with E-state index in [1.165, 1.54) is 0 Å². The standard InChI is InChI=1S/C12H18BrNO2.ClH/c1-4-9(14)5-8-6-10(13)12(16-3)7-11(8)15-2;/h6-7,9H,4-5,14H2,1-3H3;1H. The highest BCUT2D eigenvalue weighted by atomic mass is 79.9. The zero-order valence-electron chi connectivity index (χ0n) is 10.3. The fraction of sp³-hybridized carbons (Fsp3) is 0.500. The highest BCUT2D eigenvalue weighted by molar-refractivity contribution is 9.10. The lowest BCUT2D eigenvalue weighted by Gasteiger charge is -2.14. The van der Waals surface area contributed by atoms with Crippen LogP contribution < -0.4 is 15.2 Å². The van der Waals surface area contributed by atoms with E-state index in [1.807, 2.05) is 12.1 Å². The van der Waals surface area contributed by atoms with Crippen molar-refractivity contribution in [2.24, 2.45) is 5.73 Å². The van der Waals surface area contributed by atoms with Crippen LogP contribution in [0.2, 0.25) is 0 Å². The lowest BCUT2D eigenvalue weighted by Crippen LogP contribution is -2.21. The van der Waals surface area contributed by atoms with Gasteiger partial charge in [-0.05, 0) is 40.4 Å². The van der Waals surface area contributed by atoms with Crippen molar-refractivity contribution in [2.75, 3.05) is 14.2 Å². The van der Waals surface area contributed by atoms with Gasteiger partial charge in [0.25, 0.3) is 0 Å². The molecule has 1 aromatic carbocycles. The Morgan fingerprint density at radius 2 is 1.82 bits per heavy atom. The van der Waals surface area contributed by atoms with Crippen LogP contribution in [0.15, 0.2) is 16.6 Å². The summed E-state index contributed by atoms with van der Waals surface area (Å²) >= 11 is 3.46. The van der Waals surface area contributed by atoms with Gasteiger partial charge in [0, 0.05) is 12.1 Å². The Bertz CT molecular complexity index is 361. The molecule has 1 aromatic rings. The maximum Gasteiger partial charge on any atom is 0.136 e. The van der Waals surface area contributed by atoms with Crippen molar-refractivity contribution < 1.29 is 9.47 Å². The van der Waals surface area contributed by atoms with E-state index < -0.39 is 0 Å². The quantitative estimate of drug-likeness (QED) is 0.905. The molecule has 0 aromatic heterocycles. The molecule has 3 nitrogen and oxygen atoms in total. The molecule has 0 saturated heterocycles. The minimum atomic E-state index is 0. The first-order valence-electron chi connectivity index (χ1n) is 5.28. The van der Waals surface area contributed by atoms with Gasteiger partial charge in [0.05, 0.1) is 18.7 Å². The molecule has 0 saturated carbocycles. The van der Waals surface area contributed by atoms with Gasteiger partial charge in [-0.15, -0.1) is 12.4 Å². The Morgan fingerprint density at radius 1 is 1.24 bits per heavy atom. The van der Waals surface area contributed by atoms with Crippen molar-refractivity contribution in [3.8, 4) is 11.5 Å². The summed E-state index contributed by atoms with van der Waals surface area (Å²) in [6.07, 6.45) is 1.76. The van der Waals surface area contributed by atoms with Crippen LogP contribution in [0.25, 0.3) is 0 Å². The molecule has 17 heavy (non-hydrogen) atoms. The van der Waals surface area contributed by atoms with Gasteiger partial charge >= 0.3 is 0 Å². The Morgan fingerprint density at radius 3 is 2.29 bits per heavy atom. The minimum absolute atomic E-state index is 0. The zero-order valence-corrected chi connectivity index (χ0v) is 12.7. The van der Waals surface area contributed by atoms with E-state index in [4.69, 9.17) is 15.2 Å². The summed E-state index contributed by atoms with van der Waals surface area (Å²) in [5.41, 5.74) is 7.05. The van der Waals surface area contributed by atoms with E-state index in [2.05, 4.69) is 22.9 Å². The molecular formula is C12H19BrClNO2. The number of methoxy groups -OCH3 is 2. The highest BCUT2D eigenvalue weighted by Crippen LogP contribution is 2.33. The van der Waals surface area contributed by atoms with Gasteiger partial charge in [-0.1, -0.05) is 6.92 Å². The van der Waals surface area contributed by atoms with Crippen LogP contribution in [-0.2, 0) is 6.42 Å². The predicted octanol–water partition coefficient (Wildman–Crippen LogP) is 3.17. The van der Waals surface area contributed by atoms with Gasteiger partial charge in [0.2, 0.25) is 0 Å². The van der Waals surface area contributed by atoms with Gasteiger partial charge in [-0.25, -0.2) is 0 Å². The van der Waals surface area contributed by atoms with Crippen LogP contribution in [0.1, 0.15) is 18.9 Å². The summed E-state index contributed by atoms with van der Waals surface area (Å²) < 4.78 is 11.5. The van der Waals surface area contributed by atoms with Crippen LogP contribution >= 0.6 is 28.3 Å². The molecule has 1 unspecified atom stereocenters. The molecule has 5 heteroatoms. The largest absolute Gasteiger partial charge is 0.496 e. The number of nitrogens with two attached hydrogens (primary N) is 1. The Hall–Kier alpha value is -0.450. The Kier molecular flexibility index (Phi) is 7.59. The predicted molar refractivity (Wildman–Crippen MR) is 76.5 cm³/mol. The van der Waals surface area contributed by atoms with Crippen molar-refractivity contribution >= 4 is 28.3 Å². The Balaban J connectivity index is 0.00000256. The monoisotopic (exact) mass is 323 g/mol. The van der Waals surface area contributed by atoms with Crippen LogP contribution in [0.3, 0.4) is 0 Å². The summed E-state index contributed by atoms with van der Waals surface area (Å²) in [4.78, 5) is 0. The van der Waals surface area contributed by atoms with Crippen molar-refractivity contribution in [1.29, 1.82) is 0 Å². The summed E-state index contributed by atoms with van der Waals surface area (Å²) in [5.74, 6) is 1.59. The van der Waals surface area contributed by atoms with Crippen molar-refractivity contribution in [1.82, 2.24) is 0 Å². The third-order valence-corrected chi connectivity index (χ3v) is 3.18. The topological polar surface area (TPSA) is 44.5 Å². The summed E-state index contributed by atoms with van der Waals surface area (Å²) in [5, 5.41) is 0. The van der Waals surface area contributed by atoms with E-state index in [-0.39, 0.29) is 18.4 Å². The number of hydrogen-bond donors (Lipinski definition) is 1. The lowest BCUT2D eigenvalue weighted by atomic mass is 10.0. The second kappa shape index (κ2) is 7.80. The molecule has 0 heterocycles. The molecule has 0 radical (unpaired) electrons. The molecule has 0 aliphatic rings. The third-order valence-electron chi connectivity index (χ3n) is 2.56. The van der Waals surface area contributed by atoms with E-state index in [0.717, 1.165) is 34.4 Å². The summed E-state index contributed by atoms with van der Waals surface area (Å²) in [7, 11) is 3.29. The SMILES string of the molecule is CCC(N)Cc1cc(Br)c(OC)cc1OC.Cl. The maximum atomic E-state index is 5.95. The first-order chi connectivity index (χ1) is 7.62. The minimum Gasteiger partial charge on any atom is -0.496 e. The summed E-state index contributed by atoms with van der Waals surface area (Å²) in [6.45, 7) is 2.08. The van der Waals surface area contributed by atoms with Gasteiger partial charge in [-0.2, -0.15) is 0 Å². The number of rotatable bonds is 5. The number of benzene rings is 1. The molecule has 0 amide bonds. The van der Waals surface area contributed by atoms with E-state index in [9.17, 15) is 0 Å². The fourth-order valence-corrected chi connectivity index (χ4v) is 2.06. The average Bonchev–Trinajstić information content (AvgIpc) is 2.29.